The van der Waals surface area contributed by atoms with Gasteiger partial charge in [0.15, 0.2) is 4.77 Å². The molecule has 0 aliphatic heterocycles. The molecule has 1 amide bonds. The fraction of sp³-hybridized carbons (Fsp3) is 0.438. The van der Waals surface area contributed by atoms with Crippen LogP contribution in [0.3, 0.4) is 0 Å². The smallest absolute Gasteiger partial charge is 0.244 e. The van der Waals surface area contributed by atoms with E-state index in [1.807, 2.05) is 0 Å². The number of rotatable bonds is 9. The van der Waals surface area contributed by atoms with Crippen LogP contribution >= 0.6 is 12.2 Å². The third-order valence-corrected chi connectivity index (χ3v) is 3.62. The fourth-order valence-electron chi connectivity index (χ4n) is 2.15. The summed E-state index contributed by atoms with van der Waals surface area (Å²) in [4.78, 5) is 12.2. The largest absolute Gasteiger partial charge is 0.491 e. The van der Waals surface area contributed by atoms with Crippen molar-refractivity contribution in [3.05, 3.63) is 34.9 Å². The molecule has 8 heteroatoms. The lowest BCUT2D eigenvalue weighted by molar-refractivity contribution is -0.116. The number of benzene rings is 1. The van der Waals surface area contributed by atoms with Gasteiger partial charge in [-0.1, -0.05) is 6.92 Å². The van der Waals surface area contributed by atoms with Gasteiger partial charge in [-0.05, 0) is 42.9 Å². The first-order valence-electron chi connectivity index (χ1n) is 7.79. The summed E-state index contributed by atoms with van der Waals surface area (Å²) in [6.45, 7) is 3.21. The summed E-state index contributed by atoms with van der Waals surface area (Å²) in [5, 5.41) is 9.73. The predicted octanol–water partition coefficient (Wildman–Crippen LogP) is 2.56. The van der Waals surface area contributed by atoms with Crippen molar-refractivity contribution in [3.63, 3.8) is 0 Å². The standard InChI is InChI=1S/C16H22N4O3S/c1-3-4-14-18-19-16(24)20(14)11-15(21)17-12-5-7-13(8-6-12)23-10-9-22-2/h5-8H,3-4,9-11H2,1-2H3,(H,17,21)(H,19,24). The molecular formula is C16H22N4O3S. The molecule has 2 N–H and O–H groups in total. The molecule has 0 radical (unpaired) electrons. The molecule has 24 heavy (non-hydrogen) atoms. The van der Waals surface area contributed by atoms with Crippen molar-refractivity contribution in [2.45, 2.75) is 26.3 Å². The van der Waals surface area contributed by atoms with Crippen LogP contribution in [-0.4, -0.2) is 41.0 Å². The van der Waals surface area contributed by atoms with Crippen LogP contribution in [-0.2, 0) is 22.5 Å². The summed E-state index contributed by atoms with van der Waals surface area (Å²) in [5.41, 5.74) is 0.700. The van der Waals surface area contributed by atoms with E-state index >= 15 is 0 Å². The lowest BCUT2D eigenvalue weighted by atomic mass is 10.3. The van der Waals surface area contributed by atoms with Gasteiger partial charge < -0.3 is 14.8 Å². The number of aromatic nitrogens is 3. The summed E-state index contributed by atoms with van der Waals surface area (Å²) >= 11 is 5.18. The number of amides is 1. The Morgan fingerprint density at radius 1 is 1.33 bits per heavy atom. The Hall–Kier alpha value is -2.19. The van der Waals surface area contributed by atoms with Crippen molar-refractivity contribution in [3.8, 4) is 5.75 Å². The lowest BCUT2D eigenvalue weighted by Gasteiger charge is -2.09. The first kappa shape index (κ1) is 18.2. The van der Waals surface area contributed by atoms with Gasteiger partial charge in [-0.2, -0.15) is 5.10 Å². The van der Waals surface area contributed by atoms with Crippen molar-refractivity contribution < 1.29 is 14.3 Å². The van der Waals surface area contributed by atoms with Gasteiger partial charge in [0.1, 0.15) is 24.7 Å². The molecule has 0 fully saturated rings. The Bertz CT molecular complexity index is 709. The number of nitrogens with zero attached hydrogens (tertiary/aromatic N) is 2. The van der Waals surface area contributed by atoms with E-state index in [2.05, 4.69) is 22.4 Å². The number of ether oxygens (including phenoxy) is 2. The molecule has 0 aliphatic carbocycles. The third-order valence-electron chi connectivity index (χ3n) is 3.31. The van der Waals surface area contributed by atoms with E-state index in [1.54, 1.807) is 35.9 Å². The molecule has 0 saturated carbocycles. The molecular weight excluding hydrogens is 328 g/mol. The first-order chi connectivity index (χ1) is 11.6. The highest BCUT2D eigenvalue weighted by atomic mass is 32.1. The van der Waals surface area contributed by atoms with Crippen LogP contribution in [0, 0.1) is 4.77 Å². The highest BCUT2D eigenvalue weighted by Gasteiger charge is 2.10. The van der Waals surface area contributed by atoms with E-state index in [0.29, 0.717) is 23.7 Å². The molecule has 0 aliphatic rings. The van der Waals surface area contributed by atoms with Crippen molar-refractivity contribution in [2.24, 2.45) is 0 Å². The Morgan fingerprint density at radius 2 is 2.08 bits per heavy atom. The molecule has 130 valence electrons. The van der Waals surface area contributed by atoms with Crippen LogP contribution in [0.15, 0.2) is 24.3 Å². The lowest BCUT2D eigenvalue weighted by Crippen LogP contribution is -2.20. The number of carbonyl (C=O) groups is 1. The number of aromatic amines is 1. The number of hydrogen-bond acceptors (Lipinski definition) is 5. The van der Waals surface area contributed by atoms with Crippen LogP contribution in [0.2, 0.25) is 0 Å². The minimum atomic E-state index is -0.155. The number of methoxy groups -OCH3 is 1. The van der Waals surface area contributed by atoms with Crippen molar-refractivity contribution >= 4 is 23.8 Å². The van der Waals surface area contributed by atoms with Gasteiger partial charge in [0.2, 0.25) is 5.91 Å². The quantitative estimate of drug-likeness (QED) is 0.537. The zero-order chi connectivity index (χ0) is 17.4. The minimum absolute atomic E-state index is 0.136. The monoisotopic (exact) mass is 350 g/mol. The summed E-state index contributed by atoms with van der Waals surface area (Å²) in [6, 6.07) is 7.19. The molecule has 0 bridgehead atoms. The molecule has 1 heterocycles. The van der Waals surface area contributed by atoms with Gasteiger partial charge in [0.25, 0.3) is 0 Å². The molecule has 7 nitrogen and oxygen atoms in total. The SMILES string of the molecule is CCCc1n[nH]c(=S)n1CC(=O)Nc1ccc(OCCOC)cc1. The highest BCUT2D eigenvalue weighted by molar-refractivity contribution is 7.71. The van der Waals surface area contributed by atoms with E-state index in [0.717, 1.165) is 24.4 Å². The third kappa shape index (κ3) is 5.17. The molecule has 1 aromatic heterocycles. The number of carbonyl (C=O) groups excluding carboxylic acids is 1. The minimum Gasteiger partial charge on any atom is -0.491 e. The zero-order valence-electron chi connectivity index (χ0n) is 13.9. The van der Waals surface area contributed by atoms with Crippen LogP contribution < -0.4 is 10.1 Å². The van der Waals surface area contributed by atoms with Gasteiger partial charge >= 0.3 is 0 Å². The molecule has 0 atom stereocenters. The van der Waals surface area contributed by atoms with Crippen LogP contribution in [0.1, 0.15) is 19.2 Å². The Morgan fingerprint density at radius 3 is 2.75 bits per heavy atom. The van der Waals surface area contributed by atoms with Crippen LogP contribution in [0.4, 0.5) is 5.69 Å². The average Bonchev–Trinajstić information content (AvgIpc) is 2.90. The summed E-state index contributed by atoms with van der Waals surface area (Å²) in [5.74, 6) is 1.37. The van der Waals surface area contributed by atoms with Crippen molar-refractivity contribution in [1.82, 2.24) is 14.8 Å². The van der Waals surface area contributed by atoms with Gasteiger partial charge in [0, 0.05) is 19.2 Å². The Balaban J connectivity index is 1.93. The van der Waals surface area contributed by atoms with E-state index in [-0.39, 0.29) is 12.5 Å². The van der Waals surface area contributed by atoms with Crippen molar-refractivity contribution in [1.29, 1.82) is 0 Å². The molecule has 0 unspecified atom stereocenters. The van der Waals surface area contributed by atoms with E-state index in [9.17, 15) is 4.79 Å². The second-order valence-electron chi connectivity index (χ2n) is 5.19. The van der Waals surface area contributed by atoms with Crippen molar-refractivity contribution in [2.75, 3.05) is 25.6 Å². The van der Waals surface area contributed by atoms with Gasteiger partial charge in [-0.15, -0.1) is 0 Å². The number of hydrogen-bond donors (Lipinski definition) is 2. The van der Waals surface area contributed by atoms with E-state index in [1.165, 1.54) is 0 Å². The maximum Gasteiger partial charge on any atom is 0.244 e. The fourth-order valence-corrected chi connectivity index (χ4v) is 2.36. The number of anilines is 1. The molecule has 0 saturated heterocycles. The second kappa shape index (κ2) is 9.19. The summed E-state index contributed by atoms with van der Waals surface area (Å²) < 4.78 is 12.6. The molecule has 0 spiro atoms. The topological polar surface area (TPSA) is 81.2 Å². The van der Waals surface area contributed by atoms with Gasteiger partial charge in [-0.3, -0.25) is 14.5 Å². The zero-order valence-corrected chi connectivity index (χ0v) is 14.7. The average molecular weight is 350 g/mol. The molecule has 2 rings (SSSR count). The van der Waals surface area contributed by atoms with E-state index < -0.39 is 0 Å². The number of H-pyrrole nitrogens is 1. The Labute approximate surface area is 146 Å². The van der Waals surface area contributed by atoms with Crippen LogP contribution in [0.5, 0.6) is 5.75 Å². The van der Waals surface area contributed by atoms with Gasteiger partial charge in [-0.25, -0.2) is 0 Å². The van der Waals surface area contributed by atoms with Gasteiger partial charge in [0.05, 0.1) is 6.61 Å². The van der Waals surface area contributed by atoms with E-state index in [4.69, 9.17) is 21.7 Å². The number of aryl methyl sites for hydroxylation is 1. The molecule has 2 aromatic rings. The number of nitrogens with one attached hydrogen (secondary N) is 2. The molecule has 1 aromatic carbocycles. The maximum absolute atomic E-state index is 12.2. The Kier molecular flexibility index (Phi) is 6.95. The normalized spacial score (nSPS) is 10.6. The summed E-state index contributed by atoms with van der Waals surface area (Å²) in [6.07, 6.45) is 1.71. The summed E-state index contributed by atoms with van der Waals surface area (Å²) in [7, 11) is 1.63. The predicted molar refractivity (Wildman–Crippen MR) is 93.8 cm³/mol. The highest BCUT2D eigenvalue weighted by Crippen LogP contribution is 2.15. The van der Waals surface area contributed by atoms with Crippen LogP contribution in [0.25, 0.3) is 0 Å². The second-order valence-corrected chi connectivity index (χ2v) is 5.58. The first-order valence-corrected chi connectivity index (χ1v) is 8.20. The maximum atomic E-state index is 12.2.